The number of rotatable bonds is 6. The average Bonchev–Trinajstić information content (AvgIpc) is 3.11. The number of carbonyl (C=O) groups excluding carboxylic acids is 1. The first kappa shape index (κ1) is 13.6. The Bertz CT molecular complexity index is 427. The number of amides is 1. The van der Waals surface area contributed by atoms with Gasteiger partial charge in [0.05, 0.1) is 0 Å². The maximum Gasteiger partial charge on any atom is 0.268 e. The third-order valence-corrected chi connectivity index (χ3v) is 3.73. The minimum atomic E-state index is -0.0482. The molecule has 0 aliphatic heterocycles. The van der Waals surface area contributed by atoms with Crippen LogP contribution in [0.25, 0.3) is 0 Å². The molecule has 1 aliphatic carbocycles. The van der Waals surface area contributed by atoms with E-state index in [0.717, 1.165) is 23.7 Å². The lowest BCUT2D eigenvalue weighted by molar-refractivity contribution is 0.0919. The van der Waals surface area contributed by atoms with Crippen molar-refractivity contribution in [3.63, 3.8) is 0 Å². The van der Waals surface area contributed by atoms with Gasteiger partial charge >= 0.3 is 0 Å². The third kappa shape index (κ3) is 3.14. The lowest BCUT2D eigenvalue weighted by atomic mass is 10.1. The van der Waals surface area contributed by atoms with E-state index in [1.165, 1.54) is 0 Å². The molecule has 0 bridgehead atoms. The van der Waals surface area contributed by atoms with Gasteiger partial charge < -0.3 is 15.0 Å². The Balaban J connectivity index is 2.08. The molecule has 5 heteroatoms. The first-order valence-corrected chi connectivity index (χ1v) is 7.24. The van der Waals surface area contributed by atoms with Crippen LogP contribution in [0, 0.1) is 0 Å². The van der Waals surface area contributed by atoms with Gasteiger partial charge in [0.15, 0.2) is 0 Å². The van der Waals surface area contributed by atoms with Gasteiger partial charge in [-0.2, -0.15) is 0 Å². The highest BCUT2D eigenvalue weighted by Gasteiger charge is 2.28. The van der Waals surface area contributed by atoms with E-state index in [0.29, 0.717) is 18.2 Å². The minimum absolute atomic E-state index is 0.0452. The second kappa shape index (κ2) is 5.89. The van der Waals surface area contributed by atoms with Crippen molar-refractivity contribution in [1.82, 2.24) is 9.88 Å². The molecule has 1 aromatic heterocycles. The van der Waals surface area contributed by atoms with Crippen LogP contribution in [0.5, 0.6) is 0 Å². The molecule has 1 saturated carbocycles. The van der Waals surface area contributed by atoms with Crippen LogP contribution in [0.3, 0.4) is 0 Å². The molecule has 2 N–H and O–H groups in total. The van der Waals surface area contributed by atoms with Crippen molar-refractivity contribution in [3.8, 4) is 0 Å². The van der Waals surface area contributed by atoms with Crippen molar-refractivity contribution >= 4 is 21.8 Å². The summed E-state index contributed by atoms with van der Waals surface area (Å²) >= 11 is 3.42. The topological polar surface area (TPSA) is 54.3 Å². The average molecular weight is 315 g/mol. The lowest BCUT2D eigenvalue weighted by Crippen LogP contribution is -2.36. The Morgan fingerprint density at radius 3 is 2.94 bits per heavy atom. The van der Waals surface area contributed by atoms with Crippen LogP contribution in [0.15, 0.2) is 16.7 Å². The predicted molar refractivity (Wildman–Crippen MR) is 73.7 cm³/mol. The summed E-state index contributed by atoms with van der Waals surface area (Å²) in [5.41, 5.74) is 0.709. The first-order chi connectivity index (χ1) is 8.65. The molecular formula is C13H19BrN2O2. The number of hydrogen-bond donors (Lipinski definition) is 2. The largest absolute Gasteiger partial charge is 0.396 e. The highest BCUT2D eigenvalue weighted by molar-refractivity contribution is 9.10. The SMILES string of the molecule is CCC(CCO)NC(=O)c1cc(Br)cn1C1CC1. The monoisotopic (exact) mass is 314 g/mol. The summed E-state index contributed by atoms with van der Waals surface area (Å²) in [6, 6.07) is 2.39. The van der Waals surface area contributed by atoms with Gasteiger partial charge in [-0.15, -0.1) is 0 Å². The molecule has 0 aromatic carbocycles. The Labute approximate surface area is 116 Å². The van der Waals surface area contributed by atoms with Gasteiger partial charge in [-0.25, -0.2) is 0 Å². The fraction of sp³-hybridized carbons (Fsp3) is 0.615. The van der Waals surface area contributed by atoms with Crippen molar-refractivity contribution in [1.29, 1.82) is 0 Å². The minimum Gasteiger partial charge on any atom is -0.396 e. The van der Waals surface area contributed by atoms with E-state index in [-0.39, 0.29) is 18.6 Å². The van der Waals surface area contributed by atoms with Gasteiger partial charge in [-0.1, -0.05) is 6.92 Å². The highest BCUT2D eigenvalue weighted by Crippen LogP contribution is 2.37. The van der Waals surface area contributed by atoms with Crippen LogP contribution in [0.4, 0.5) is 0 Å². The van der Waals surface area contributed by atoms with Crippen LogP contribution in [0.1, 0.15) is 49.1 Å². The second-order valence-electron chi connectivity index (χ2n) is 4.77. The molecule has 0 radical (unpaired) electrons. The molecule has 1 amide bonds. The number of nitrogens with one attached hydrogen (secondary N) is 1. The van der Waals surface area contributed by atoms with E-state index >= 15 is 0 Å². The summed E-state index contributed by atoms with van der Waals surface area (Å²) in [5, 5.41) is 11.9. The zero-order chi connectivity index (χ0) is 13.1. The highest BCUT2D eigenvalue weighted by atomic mass is 79.9. The van der Waals surface area contributed by atoms with Crippen molar-refractivity contribution in [2.24, 2.45) is 0 Å². The number of hydrogen-bond acceptors (Lipinski definition) is 2. The quantitative estimate of drug-likeness (QED) is 0.847. The zero-order valence-electron chi connectivity index (χ0n) is 10.5. The van der Waals surface area contributed by atoms with Crippen molar-refractivity contribution in [2.45, 2.75) is 44.7 Å². The number of aliphatic hydroxyl groups excluding tert-OH is 1. The van der Waals surface area contributed by atoms with Gasteiger partial charge in [-0.05, 0) is 47.7 Å². The van der Waals surface area contributed by atoms with Crippen LogP contribution in [-0.2, 0) is 0 Å². The van der Waals surface area contributed by atoms with Crippen LogP contribution < -0.4 is 5.32 Å². The van der Waals surface area contributed by atoms with Gasteiger partial charge in [-0.3, -0.25) is 4.79 Å². The maximum absolute atomic E-state index is 12.2. The van der Waals surface area contributed by atoms with Gasteiger partial charge in [0.1, 0.15) is 5.69 Å². The van der Waals surface area contributed by atoms with Gasteiger partial charge in [0.25, 0.3) is 5.91 Å². The first-order valence-electron chi connectivity index (χ1n) is 6.44. The van der Waals surface area contributed by atoms with Crippen molar-refractivity contribution in [2.75, 3.05) is 6.61 Å². The molecule has 2 rings (SSSR count). The second-order valence-corrected chi connectivity index (χ2v) is 5.69. The fourth-order valence-electron chi connectivity index (χ4n) is 2.08. The summed E-state index contributed by atoms with van der Waals surface area (Å²) in [6.07, 6.45) is 5.70. The summed E-state index contributed by atoms with van der Waals surface area (Å²) in [4.78, 5) is 12.2. The number of nitrogens with zero attached hydrogens (tertiary/aromatic N) is 1. The third-order valence-electron chi connectivity index (χ3n) is 3.29. The summed E-state index contributed by atoms with van der Waals surface area (Å²) < 4.78 is 2.99. The lowest BCUT2D eigenvalue weighted by Gasteiger charge is -2.16. The molecule has 1 heterocycles. The van der Waals surface area contributed by atoms with Gasteiger partial charge in [0.2, 0.25) is 0 Å². The number of halogens is 1. The molecule has 1 unspecified atom stereocenters. The zero-order valence-corrected chi connectivity index (χ0v) is 12.1. The molecule has 18 heavy (non-hydrogen) atoms. The van der Waals surface area contributed by atoms with Crippen LogP contribution in [0.2, 0.25) is 0 Å². The van der Waals surface area contributed by atoms with E-state index < -0.39 is 0 Å². The molecule has 100 valence electrons. The molecule has 1 aliphatic rings. The standard InChI is InChI=1S/C13H19BrN2O2/c1-2-10(5-6-17)15-13(18)12-7-9(14)8-16(12)11-3-4-11/h7-8,10-11,17H,2-6H2,1H3,(H,15,18). The van der Waals surface area contributed by atoms with Gasteiger partial charge in [0, 0.05) is 29.4 Å². The van der Waals surface area contributed by atoms with E-state index in [9.17, 15) is 4.79 Å². The molecule has 1 atom stereocenters. The molecule has 1 fully saturated rings. The maximum atomic E-state index is 12.2. The summed E-state index contributed by atoms with van der Waals surface area (Å²) in [6.45, 7) is 2.11. The predicted octanol–water partition coefficient (Wildman–Crippen LogP) is 2.48. The molecule has 1 aromatic rings. The normalized spacial score (nSPS) is 16.6. The summed E-state index contributed by atoms with van der Waals surface area (Å²) in [5.74, 6) is -0.0482. The number of aliphatic hydroxyl groups is 1. The van der Waals surface area contributed by atoms with Crippen LogP contribution in [-0.4, -0.2) is 28.2 Å². The van der Waals surface area contributed by atoms with Crippen LogP contribution >= 0.6 is 15.9 Å². The summed E-state index contributed by atoms with van der Waals surface area (Å²) in [7, 11) is 0. The van der Waals surface area contributed by atoms with E-state index in [1.54, 1.807) is 0 Å². The fourth-order valence-corrected chi connectivity index (χ4v) is 2.51. The smallest absolute Gasteiger partial charge is 0.268 e. The molecular weight excluding hydrogens is 296 g/mol. The van der Waals surface area contributed by atoms with E-state index in [4.69, 9.17) is 5.11 Å². The van der Waals surface area contributed by atoms with E-state index in [1.807, 2.05) is 23.8 Å². The molecule has 0 spiro atoms. The Morgan fingerprint density at radius 1 is 1.67 bits per heavy atom. The number of carbonyl (C=O) groups is 1. The Kier molecular flexibility index (Phi) is 4.45. The van der Waals surface area contributed by atoms with Crippen molar-refractivity contribution < 1.29 is 9.90 Å². The Morgan fingerprint density at radius 2 is 2.39 bits per heavy atom. The van der Waals surface area contributed by atoms with Crippen molar-refractivity contribution in [3.05, 3.63) is 22.4 Å². The number of aromatic nitrogens is 1. The Hall–Kier alpha value is -0.810. The molecule has 4 nitrogen and oxygen atoms in total. The van der Waals surface area contributed by atoms with E-state index in [2.05, 4.69) is 21.2 Å². The molecule has 0 saturated heterocycles.